The van der Waals surface area contributed by atoms with Crippen LogP contribution in [0.5, 0.6) is 0 Å². The maximum atomic E-state index is 12.7. The average Bonchev–Trinajstić information content (AvgIpc) is 3.07. The average molecular weight is 459 g/mol. The second kappa shape index (κ2) is 9.49. The van der Waals surface area contributed by atoms with Gasteiger partial charge in [-0.05, 0) is 46.7 Å². The molecule has 0 aliphatic carbocycles. The Hall–Kier alpha value is -4.24. The van der Waals surface area contributed by atoms with E-state index in [1.54, 1.807) is 6.08 Å². The van der Waals surface area contributed by atoms with Crippen molar-refractivity contribution >= 4 is 46.3 Å². The number of thioether (sulfide) groups is 1. The molecular formula is C24H17N3O5S. The van der Waals surface area contributed by atoms with E-state index in [0.29, 0.717) is 5.69 Å². The molecule has 1 heterocycles. The summed E-state index contributed by atoms with van der Waals surface area (Å²) >= 11 is 0.774. The van der Waals surface area contributed by atoms with Gasteiger partial charge in [0.2, 0.25) is 5.91 Å². The number of non-ortho nitro benzene ring substituents is 1. The quantitative estimate of drug-likeness (QED) is 0.318. The number of nitrogens with one attached hydrogen (secondary N) is 1. The molecular weight excluding hydrogens is 442 g/mol. The molecule has 0 saturated carbocycles. The molecule has 0 atom stereocenters. The number of carbonyl (C=O) groups is 3. The Balaban J connectivity index is 1.41. The van der Waals surface area contributed by atoms with Gasteiger partial charge in [0.15, 0.2) is 0 Å². The highest BCUT2D eigenvalue weighted by atomic mass is 32.2. The van der Waals surface area contributed by atoms with Gasteiger partial charge in [-0.25, -0.2) is 0 Å². The number of hydrogen-bond acceptors (Lipinski definition) is 6. The van der Waals surface area contributed by atoms with E-state index < -0.39 is 28.5 Å². The summed E-state index contributed by atoms with van der Waals surface area (Å²) in [6.45, 7) is -0.452. The molecule has 1 aliphatic heterocycles. The molecule has 0 spiro atoms. The highest BCUT2D eigenvalue weighted by Gasteiger charge is 2.36. The van der Waals surface area contributed by atoms with Gasteiger partial charge in [0, 0.05) is 17.8 Å². The number of nitrogens with zero attached hydrogens (tertiary/aromatic N) is 2. The lowest BCUT2D eigenvalue weighted by molar-refractivity contribution is -0.384. The molecule has 1 fully saturated rings. The molecule has 0 aromatic heterocycles. The standard InChI is InChI=1S/C24H17N3O5S/c28-22(25-19-10-12-20(13-11-19)27(31)32)15-26-23(29)21(33-24(26)30)14-16-6-8-18(9-7-16)17-4-2-1-3-5-17/h1-14H,15H2,(H,25,28)/b21-14-. The Labute approximate surface area is 193 Å². The number of nitro benzene ring substituents is 1. The summed E-state index contributed by atoms with van der Waals surface area (Å²) in [5, 5.41) is 12.7. The summed E-state index contributed by atoms with van der Waals surface area (Å²) in [6.07, 6.45) is 1.62. The molecule has 0 radical (unpaired) electrons. The van der Waals surface area contributed by atoms with Gasteiger partial charge in [-0.2, -0.15) is 0 Å². The normalized spacial score (nSPS) is 14.5. The Kier molecular flexibility index (Phi) is 6.32. The van der Waals surface area contributed by atoms with Crippen LogP contribution >= 0.6 is 11.8 Å². The summed E-state index contributed by atoms with van der Waals surface area (Å²) in [4.78, 5) is 48.5. The van der Waals surface area contributed by atoms with Crippen molar-refractivity contribution < 1.29 is 19.3 Å². The van der Waals surface area contributed by atoms with E-state index in [2.05, 4.69) is 5.32 Å². The molecule has 1 N–H and O–H groups in total. The van der Waals surface area contributed by atoms with E-state index in [4.69, 9.17) is 0 Å². The van der Waals surface area contributed by atoms with E-state index in [0.717, 1.165) is 33.4 Å². The fourth-order valence-electron chi connectivity index (χ4n) is 3.20. The van der Waals surface area contributed by atoms with E-state index in [1.807, 2.05) is 54.6 Å². The number of nitro groups is 1. The Morgan fingerprint density at radius 3 is 2.21 bits per heavy atom. The molecule has 1 saturated heterocycles. The van der Waals surface area contributed by atoms with Crippen molar-refractivity contribution in [2.75, 3.05) is 11.9 Å². The van der Waals surface area contributed by atoms with Crippen molar-refractivity contribution in [3.05, 3.63) is 99.4 Å². The monoisotopic (exact) mass is 459 g/mol. The zero-order valence-corrected chi connectivity index (χ0v) is 18.0. The van der Waals surface area contributed by atoms with Crippen LogP contribution in [-0.4, -0.2) is 33.4 Å². The molecule has 0 bridgehead atoms. The van der Waals surface area contributed by atoms with E-state index in [9.17, 15) is 24.5 Å². The molecule has 3 amide bonds. The number of anilines is 1. The number of carbonyl (C=O) groups excluding carboxylic acids is 3. The van der Waals surface area contributed by atoms with Crippen LogP contribution in [0.3, 0.4) is 0 Å². The van der Waals surface area contributed by atoms with Crippen molar-refractivity contribution in [3.8, 4) is 11.1 Å². The highest BCUT2D eigenvalue weighted by Crippen LogP contribution is 2.32. The van der Waals surface area contributed by atoms with Crippen molar-refractivity contribution in [1.29, 1.82) is 0 Å². The van der Waals surface area contributed by atoms with Crippen LogP contribution in [0.15, 0.2) is 83.8 Å². The highest BCUT2D eigenvalue weighted by molar-refractivity contribution is 8.18. The van der Waals surface area contributed by atoms with E-state index in [1.165, 1.54) is 24.3 Å². The van der Waals surface area contributed by atoms with Crippen LogP contribution in [0.4, 0.5) is 16.2 Å². The first-order chi connectivity index (χ1) is 15.9. The van der Waals surface area contributed by atoms with Gasteiger partial charge in [-0.3, -0.25) is 29.4 Å². The predicted octanol–water partition coefficient (Wildman–Crippen LogP) is 4.94. The lowest BCUT2D eigenvalue weighted by atomic mass is 10.0. The first-order valence-corrected chi connectivity index (χ1v) is 10.7. The number of hydrogen-bond donors (Lipinski definition) is 1. The van der Waals surface area contributed by atoms with Gasteiger partial charge in [0.05, 0.1) is 9.83 Å². The van der Waals surface area contributed by atoms with Crippen LogP contribution < -0.4 is 5.32 Å². The largest absolute Gasteiger partial charge is 0.325 e. The minimum absolute atomic E-state index is 0.110. The molecule has 3 aromatic rings. The fraction of sp³-hybridized carbons (Fsp3) is 0.0417. The third-order valence-electron chi connectivity index (χ3n) is 4.85. The molecule has 8 nitrogen and oxygen atoms in total. The zero-order chi connectivity index (χ0) is 23.4. The van der Waals surface area contributed by atoms with Gasteiger partial charge in [-0.1, -0.05) is 54.6 Å². The molecule has 3 aromatic carbocycles. The van der Waals surface area contributed by atoms with E-state index in [-0.39, 0.29) is 10.6 Å². The maximum absolute atomic E-state index is 12.7. The second-order valence-corrected chi connectivity index (χ2v) is 8.10. The first-order valence-electron chi connectivity index (χ1n) is 9.86. The molecule has 164 valence electrons. The van der Waals surface area contributed by atoms with Gasteiger partial charge >= 0.3 is 0 Å². The van der Waals surface area contributed by atoms with Crippen LogP contribution in [0.25, 0.3) is 17.2 Å². The third kappa shape index (κ3) is 5.16. The molecule has 0 unspecified atom stereocenters. The van der Waals surface area contributed by atoms with Crippen LogP contribution in [-0.2, 0) is 9.59 Å². The topological polar surface area (TPSA) is 110 Å². The molecule has 33 heavy (non-hydrogen) atoms. The first kappa shape index (κ1) is 22.0. The number of rotatable bonds is 6. The lowest BCUT2D eigenvalue weighted by Gasteiger charge is -2.12. The van der Waals surface area contributed by atoms with Crippen LogP contribution in [0, 0.1) is 10.1 Å². The summed E-state index contributed by atoms with van der Waals surface area (Å²) < 4.78 is 0. The molecule has 4 rings (SSSR count). The minimum Gasteiger partial charge on any atom is -0.325 e. The number of amides is 3. The van der Waals surface area contributed by atoms with Gasteiger partial charge < -0.3 is 5.32 Å². The Bertz CT molecular complexity index is 1260. The number of benzene rings is 3. The smallest absolute Gasteiger partial charge is 0.294 e. The summed E-state index contributed by atoms with van der Waals surface area (Å²) in [6, 6.07) is 22.7. The number of imide groups is 1. The maximum Gasteiger partial charge on any atom is 0.294 e. The summed E-state index contributed by atoms with van der Waals surface area (Å²) in [5.74, 6) is -1.13. The zero-order valence-electron chi connectivity index (χ0n) is 17.1. The van der Waals surface area contributed by atoms with Crippen LogP contribution in [0.2, 0.25) is 0 Å². The van der Waals surface area contributed by atoms with Gasteiger partial charge in [0.25, 0.3) is 16.8 Å². The lowest BCUT2D eigenvalue weighted by Crippen LogP contribution is -2.36. The van der Waals surface area contributed by atoms with Crippen LogP contribution in [0.1, 0.15) is 5.56 Å². The molecule has 9 heteroatoms. The Morgan fingerprint density at radius 2 is 1.58 bits per heavy atom. The minimum atomic E-state index is -0.584. The van der Waals surface area contributed by atoms with Gasteiger partial charge in [0.1, 0.15) is 6.54 Å². The SMILES string of the molecule is O=C(CN1C(=O)S/C(=C\c2ccc(-c3ccccc3)cc2)C1=O)Nc1ccc([N+](=O)[O-])cc1. The predicted molar refractivity (Wildman–Crippen MR) is 126 cm³/mol. The fourth-order valence-corrected chi connectivity index (χ4v) is 4.04. The van der Waals surface area contributed by atoms with E-state index >= 15 is 0 Å². The van der Waals surface area contributed by atoms with Crippen molar-refractivity contribution in [3.63, 3.8) is 0 Å². The van der Waals surface area contributed by atoms with Crippen molar-refractivity contribution in [1.82, 2.24) is 4.90 Å². The Morgan fingerprint density at radius 1 is 0.939 bits per heavy atom. The van der Waals surface area contributed by atoms with Gasteiger partial charge in [-0.15, -0.1) is 0 Å². The third-order valence-corrected chi connectivity index (χ3v) is 5.76. The summed E-state index contributed by atoms with van der Waals surface area (Å²) in [5.41, 5.74) is 3.08. The van der Waals surface area contributed by atoms with Crippen molar-refractivity contribution in [2.45, 2.75) is 0 Å². The second-order valence-electron chi connectivity index (χ2n) is 7.11. The summed E-state index contributed by atoms with van der Waals surface area (Å²) in [7, 11) is 0. The molecule has 1 aliphatic rings. The van der Waals surface area contributed by atoms with Crippen molar-refractivity contribution in [2.24, 2.45) is 0 Å².